The van der Waals surface area contributed by atoms with Gasteiger partial charge in [-0.15, -0.1) is 0 Å². The molecule has 0 radical (unpaired) electrons. The summed E-state index contributed by atoms with van der Waals surface area (Å²) in [4.78, 5) is 10.8. The van der Waals surface area contributed by atoms with Gasteiger partial charge in [0.1, 0.15) is 11.5 Å². The zero-order valence-corrected chi connectivity index (χ0v) is 7.32. The van der Waals surface area contributed by atoms with Crippen molar-refractivity contribution >= 4 is 11.5 Å². The summed E-state index contributed by atoms with van der Waals surface area (Å²) in [7, 11) is 0. The summed E-state index contributed by atoms with van der Waals surface area (Å²) >= 11 is 0. The second kappa shape index (κ2) is 3.76. The largest absolute Gasteiger partial charge is 0.505 e. The molecule has 0 fully saturated rings. The first-order chi connectivity index (χ1) is 6.13. The first-order valence-corrected chi connectivity index (χ1v) is 3.88. The minimum Gasteiger partial charge on any atom is -0.505 e. The highest BCUT2D eigenvalue weighted by Gasteiger charge is 2.07. The van der Waals surface area contributed by atoms with Gasteiger partial charge in [-0.3, -0.25) is 4.79 Å². The predicted molar refractivity (Wildman–Crippen MR) is 50.9 cm³/mol. The minimum absolute atomic E-state index is 0.105. The summed E-state index contributed by atoms with van der Waals surface area (Å²) in [6.45, 7) is 1.31. The van der Waals surface area contributed by atoms with Gasteiger partial charge in [0, 0.05) is 12.5 Å². The third-order valence-electron chi connectivity index (χ3n) is 1.68. The van der Waals surface area contributed by atoms with Crippen molar-refractivity contribution < 1.29 is 9.90 Å². The predicted octanol–water partition coefficient (Wildman–Crippen LogP) is 1.46. The van der Waals surface area contributed by atoms with Gasteiger partial charge in [-0.25, -0.2) is 0 Å². The smallest absolute Gasteiger partial charge is 0.179 e. The van der Waals surface area contributed by atoms with Crippen LogP contribution in [0.5, 0.6) is 0 Å². The molecule has 1 rings (SSSR count). The molecular formula is C10H11NO2. The fraction of sp³-hybridized carbons (Fsp3) is 0.100. The van der Waals surface area contributed by atoms with E-state index in [0.717, 1.165) is 0 Å². The number of nitrogens with two attached hydrogens (primary N) is 1. The summed E-state index contributed by atoms with van der Waals surface area (Å²) in [5, 5.41) is 9.49. The van der Waals surface area contributed by atoms with Crippen molar-refractivity contribution in [3.05, 3.63) is 41.6 Å². The summed E-state index contributed by atoms with van der Waals surface area (Å²) in [6, 6.07) is 8.72. The van der Waals surface area contributed by atoms with E-state index < -0.39 is 0 Å². The molecule has 0 atom stereocenters. The average Bonchev–Trinajstić information content (AvgIpc) is 2.17. The van der Waals surface area contributed by atoms with E-state index in [2.05, 4.69) is 0 Å². The lowest BCUT2D eigenvalue weighted by atomic mass is 10.1. The van der Waals surface area contributed by atoms with E-state index in [4.69, 9.17) is 5.73 Å². The monoisotopic (exact) mass is 177 g/mol. The number of carbonyl (C=O) groups excluding carboxylic acids is 1. The lowest BCUT2D eigenvalue weighted by Gasteiger charge is -2.02. The van der Waals surface area contributed by atoms with Crippen LogP contribution in [-0.4, -0.2) is 10.9 Å². The van der Waals surface area contributed by atoms with Gasteiger partial charge >= 0.3 is 0 Å². The molecule has 0 heterocycles. The summed E-state index contributed by atoms with van der Waals surface area (Å²) < 4.78 is 0. The number of aliphatic hydroxyl groups is 1. The Morgan fingerprint density at radius 3 is 2.31 bits per heavy atom. The molecule has 0 aromatic heterocycles. The lowest BCUT2D eigenvalue weighted by molar-refractivity contribution is -0.113. The number of benzene rings is 1. The number of ketones is 1. The highest BCUT2D eigenvalue weighted by atomic mass is 16.3. The van der Waals surface area contributed by atoms with Crippen LogP contribution >= 0.6 is 0 Å². The van der Waals surface area contributed by atoms with Crippen LogP contribution in [0.4, 0.5) is 0 Å². The fourth-order valence-corrected chi connectivity index (χ4v) is 0.918. The first-order valence-electron chi connectivity index (χ1n) is 3.88. The van der Waals surface area contributed by atoms with Gasteiger partial charge in [0.2, 0.25) is 0 Å². The van der Waals surface area contributed by atoms with Crippen LogP contribution < -0.4 is 5.73 Å². The third kappa shape index (κ3) is 2.08. The Kier molecular flexibility index (Phi) is 2.69. The van der Waals surface area contributed by atoms with Gasteiger partial charge in [-0.2, -0.15) is 0 Å². The van der Waals surface area contributed by atoms with Crippen molar-refractivity contribution in [2.45, 2.75) is 6.92 Å². The summed E-state index contributed by atoms with van der Waals surface area (Å²) in [5.41, 5.74) is 5.82. The summed E-state index contributed by atoms with van der Waals surface area (Å²) in [6.07, 6.45) is 0. The number of rotatable bonds is 2. The Labute approximate surface area is 76.5 Å². The number of aliphatic hydroxyl groups excluding tert-OH is 1. The molecule has 3 N–H and O–H groups in total. The van der Waals surface area contributed by atoms with Crippen molar-refractivity contribution in [2.24, 2.45) is 5.73 Å². The Bertz CT molecular complexity index is 341. The Morgan fingerprint density at radius 1 is 1.31 bits per heavy atom. The quantitative estimate of drug-likeness (QED) is 0.531. The first kappa shape index (κ1) is 9.32. The highest BCUT2D eigenvalue weighted by molar-refractivity contribution is 5.98. The molecule has 1 aromatic rings. The van der Waals surface area contributed by atoms with Gasteiger partial charge in [-0.05, 0) is 0 Å². The minimum atomic E-state index is -0.332. The third-order valence-corrected chi connectivity index (χ3v) is 1.68. The van der Waals surface area contributed by atoms with E-state index in [-0.39, 0.29) is 17.2 Å². The van der Waals surface area contributed by atoms with Crippen molar-refractivity contribution in [3.63, 3.8) is 0 Å². The Balaban J connectivity index is 3.11. The normalized spacial score (nSPS) is 12.1. The van der Waals surface area contributed by atoms with Crippen molar-refractivity contribution in [3.8, 4) is 0 Å². The number of carbonyl (C=O) groups is 1. The van der Waals surface area contributed by atoms with Crippen LogP contribution in [0.2, 0.25) is 0 Å². The molecule has 3 heteroatoms. The highest BCUT2D eigenvalue weighted by Crippen LogP contribution is 2.12. The van der Waals surface area contributed by atoms with Crippen LogP contribution in [0.25, 0.3) is 5.76 Å². The zero-order valence-electron chi connectivity index (χ0n) is 7.32. The van der Waals surface area contributed by atoms with E-state index >= 15 is 0 Å². The fourth-order valence-electron chi connectivity index (χ4n) is 0.918. The molecule has 0 spiro atoms. The molecular weight excluding hydrogens is 166 g/mol. The molecule has 0 aliphatic carbocycles. The Morgan fingerprint density at radius 2 is 1.85 bits per heavy atom. The molecule has 0 aliphatic heterocycles. The molecule has 0 saturated heterocycles. The topological polar surface area (TPSA) is 63.3 Å². The SMILES string of the molecule is CC(=O)C(N)=C(O)c1ccccc1. The number of Topliss-reactive ketones (excluding diaryl/α,β-unsaturated/α-hetero) is 1. The van der Waals surface area contributed by atoms with Crippen molar-refractivity contribution in [1.29, 1.82) is 0 Å². The van der Waals surface area contributed by atoms with Gasteiger partial charge < -0.3 is 10.8 Å². The molecule has 3 nitrogen and oxygen atoms in total. The van der Waals surface area contributed by atoms with Crippen LogP contribution in [0.15, 0.2) is 36.0 Å². The standard InChI is InChI=1S/C10H11NO2/c1-7(12)9(11)10(13)8-5-3-2-4-6-8/h2-6,13H,11H2,1H3. The van der Waals surface area contributed by atoms with Gasteiger partial charge in [0.25, 0.3) is 0 Å². The summed E-state index contributed by atoms with van der Waals surface area (Å²) in [5.74, 6) is -0.491. The van der Waals surface area contributed by atoms with E-state index in [9.17, 15) is 9.90 Å². The number of hydrogen-bond donors (Lipinski definition) is 2. The average molecular weight is 177 g/mol. The molecule has 0 bridgehead atoms. The molecule has 0 aliphatic rings. The maximum Gasteiger partial charge on any atom is 0.179 e. The second-order valence-corrected chi connectivity index (χ2v) is 2.68. The van der Waals surface area contributed by atoms with E-state index in [1.165, 1.54) is 6.92 Å². The molecule has 13 heavy (non-hydrogen) atoms. The van der Waals surface area contributed by atoms with E-state index in [1.54, 1.807) is 24.3 Å². The van der Waals surface area contributed by atoms with Gasteiger partial charge in [0.15, 0.2) is 5.78 Å². The van der Waals surface area contributed by atoms with Gasteiger partial charge in [0.05, 0.1) is 0 Å². The van der Waals surface area contributed by atoms with Crippen LogP contribution in [0.3, 0.4) is 0 Å². The van der Waals surface area contributed by atoms with Crippen molar-refractivity contribution in [2.75, 3.05) is 0 Å². The number of allylic oxidation sites excluding steroid dienone is 1. The van der Waals surface area contributed by atoms with E-state index in [1.807, 2.05) is 6.07 Å². The Hall–Kier alpha value is -1.77. The van der Waals surface area contributed by atoms with E-state index in [0.29, 0.717) is 5.56 Å². The van der Waals surface area contributed by atoms with Crippen molar-refractivity contribution in [1.82, 2.24) is 0 Å². The lowest BCUT2D eigenvalue weighted by Crippen LogP contribution is -2.10. The molecule has 0 amide bonds. The van der Waals surface area contributed by atoms with Crippen LogP contribution in [0, 0.1) is 0 Å². The maximum atomic E-state index is 10.8. The number of hydrogen-bond acceptors (Lipinski definition) is 3. The molecule has 0 unspecified atom stereocenters. The van der Waals surface area contributed by atoms with Gasteiger partial charge in [-0.1, -0.05) is 30.3 Å². The molecule has 68 valence electrons. The van der Waals surface area contributed by atoms with Crippen LogP contribution in [0.1, 0.15) is 12.5 Å². The molecule has 1 aromatic carbocycles. The van der Waals surface area contributed by atoms with Crippen LogP contribution in [-0.2, 0) is 4.79 Å². The maximum absolute atomic E-state index is 10.8. The zero-order chi connectivity index (χ0) is 9.84. The molecule has 0 saturated carbocycles. The second-order valence-electron chi connectivity index (χ2n) is 2.68.